The first kappa shape index (κ1) is 14.5. The summed E-state index contributed by atoms with van der Waals surface area (Å²) in [6.45, 7) is -0.0272. The predicted molar refractivity (Wildman–Crippen MR) is 70.3 cm³/mol. The Bertz CT molecular complexity index is 490. The molecule has 0 bridgehead atoms. The first-order valence-corrected chi connectivity index (χ1v) is 6.43. The van der Waals surface area contributed by atoms with Crippen molar-refractivity contribution in [2.24, 2.45) is 0 Å². The number of amides is 2. The molecule has 108 valence electrons. The van der Waals surface area contributed by atoms with Crippen LogP contribution in [0.4, 0.5) is 4.39 Å². The van der Waals surface area contributed by atoms with Crippen LogP contribution in [0.3, 0.4) is 0 Å². The summed E-state index contributed by atoms with van der Waals surface area (Å²) >= 11 is 0. The largest absolute Gasteiger partial charge is 0.375 e. The quantitative estimate of drug-likeness (QED) is 0.861. The van der Waals surface area contributed by atoms with Gasteiger partial charge in [-0.2, -0.15) is 0 Å². The SMILES string of the molecule is COCC(=O)N[C@H]1CCC(=O)N[C@H]1c1ccc(F)cc1. The lowest BCUT2D eigenvalue weighted by Crippen LogP contribution is -2.50. The van der Waals surface area contributed by atoms with Gasteiger partial charge in [0.15, 0.2) is 0 Å². The molecule has 0 aromatic heterocycles. The molecule has 2 rings (SSSR count). The summed E-state index contributed by atoms with van der Waals surface area (Å²) in [4.78, 5) is 23.2. The molecule has 1 aliphatic rings. The van der Waals surface area contributed by atoms with Crippen molar-refractivity contribution in [2.75, 3.05) is 13.7 Å². The molecular weight excluding hydrogens is 263 g/mol. The van der Waals surface area contributed by atoms with Gasteiger partial charge in [0.05, 0.1) is 12.1 Å². The van der Waals surface area contributed by atoms with Gasteiger partial charge in [-0.15, -0.1) is 0 Å². The van der Waals surface area contributed by atoms with Crippen LogP contribution in [0.15, 0.2) is 24.3 Å². The molecule has 2 N–H and O–H groups in total. The van der Waals surface area contributed by atoms with Crippen LogP contribution in [0.5, 0.6) is 0 Å². The van der Waals surface area contributed by atoms with Crippen LogP contribution in [0.2, 0.25) is 0 Å². The van der Waals surface area contributed by atoms with Crippen LogP contribution < -0.4 is 10.6 Å². The van der Waals surface area contributed by atoms with E-state index in [1.807, 2.05) is 0 Å². The maximum atomic E-state index is 13.0. The molecule has 1 heterocycles. The molecule has 0 unspecified atom stereocenters. The monoisotopic (exact) mass is 280 g/mol. The van der Waals surface area contributed by atoms with E-state index in [-0.39, 0.29) is 36.3 Å². The minimum atomic E-state index is -0.349. The van der Waals surface area contributed by atoms with Gasteiger partial charge in [0.1, 0.15) is 12.4 Å². The van der Waals surface area contributed by atoms with Gasteiger partial charge in [-0.1, -0.05) is 12.1 Å². The van der Waals surface area contributed by atoms with Gasteiger partial charge < -0.3 is 15.4 Å². The van der Waals surface area contributed by atoms with Crippen LogP contribution >= 0.6 is 0 Å². The first-order chi connectivity index (χ1) is 9.60. The highest BCUT2D eigenvalue weighted by molar-refractivity contribution is 5.80. The number of rotatable bonds is 4. The Morgan fingerprint density at radius 3 is 2.80 bits per heavy atom. The number of hydrogen-bond acceptors (Lipinski definition) is 3. The fourth-order valence-electron chi connectivity index (χ4n) is 2.32. The van der Waals surface area contributed by atoms with Crippen LogP contribution in [0, 0.1) is 5.82 Å². The molecule has 0 radical (unpaired) electrons. The zero-order valence-electron chi connectivity index (χ0n) is 11.2. The van der Waals surface area contributed by atoms with Gasteiger partial charge >= 0.3 is 0 Å². The lowest BCUT2D eigenvalue weighted by Gasteiger charge is -2.33. The molecule has 0 saturated carbocycles. The Morgan fingerprint density at radius 2 is 2.15 bits per heavy atom. The highest BCUT2D eigenvalue weighted by Crippen LogP contribution is 2.24. The summed E-state index contributed by atoms with van der Waals surface area (Å²) in [7, 11) is 1.44. The molecule has 6 heteroatoms. The Morgan fingerprint density at radius 1 is 1.45 bits per heavy atom. The fraction of sp³-hybridized carbons (Fsp3) is 0.429. The Labute approximate surface area is 116 Å². The second kappa shape index (κ2) is 6.47. The maximum Gasteiger partial charge on any atom is 0.246 e. The molecule has 1 aliphatic heterocycles. The van der Waals surface area contributed by atoms with Crippen molar-refractivity contribution in [3.05, 3.63) is 35.6 Å². The van der Waals surface area contributed by atoms with Crippen molar-refractivity contribution in [3.8, 4) is 0 Å². The Balaban J connectivity index is 2.13. The second-order valence-corrected chi connectivity index (χ2v) is 4.74. The van der Waals surface area contributed by atoms with Crippen molar-refractivity contribution in [2.45, 2.75) is 24.9 Å². The number of carbonyl (C=O) groups excluding carboxylic acids is 2. The van der Waals surface area contributed by atoms with E-state index in [0.717, 1.165) is 5.56 Å². The van der Waals surface area contributed by atoms with Crippen molar-refractivity contribution >= 4 is 11.8 Å². The average Bonchev–Trinajstić information content (AvgIpc) is 2.42. The number of halogens is 1. The first-order valence-electron chi connectivity index (χ1n) is 6.43. The zero-order chi connectivity index (χ0) is 14.5. The lowest BCUT2D eigenvalue weighted by atomic mass is 9.92. The van der Waals surface area contributed by atoms with Gasteiger partial charge in [0, 0.05) is 13.5 Å². The van der Waals surface area contributed by atoms with E-state index in [1.165, 1.54) is 19.2 Å². The van der Waals surface area contributed by atoms with Gasteiger partial charge in [-0.25, -0.2) is 4.39 Å². The highest BCUT2D eigenvalue weighted by atomic mass is 19.1. The molecule has 1 aromatic rings. The van der Waals surface area contributed by atoms with E-state index in [9.17, 15) is 14.0 Å². The van der Waals surface area contributed by atoms with Crippen molar-refractivity contribution in [3.63, 3.8) is 0 Å². The van der Waals surface area contributed by atoms with E-state index < -0.39 is 0 Å². The topological polar surface area (TPSA) is 67.4 Å². The molecule has 0 spiro atoms. The zero-order valence-corrected chi connectivity index (χ0v) is 11.2. The molecule has 20 heavy (non-hydrogen) atoms. The van der Waals surface area contributed by atoms with Crippen molar-refractivity contribution in [1.82, 2.24) is 10.6 Å². The third-order valence-corrected chi connectivity index (χ3v) is 3.25. The van der Waals surface area contributed by atoms with Crippen molar-refractivity contribution < 1.29 is 18.7 Å². The fourth-order valence-corrected chi connectivity index (χ4v) is 2.32. The molecular formula is C14H17FN2O3. The van der Waals surface area contributed by atoms with Crippen LogP contribution in [0.25, 0.3) is 0 Å². The van der Waals surface area contributed by atoms with Crippen LogP contribution in [0.1, 0.15) is 24.4 Å². The average molecular weight is 280 g/mol. The number of nitrogens with one attached hydrogen (secondary N) is 2. The number of hydrogen-bond donors (Lipinski definition) is 2. The van der Waals surface area contributed by atoms with E-state index in [4.69, 9.17) is 4.74 Å². The van der Waals surface area contributed by atoms with Crippen LogP contribution in [-0.4, -0.2) is 31.6 Å². The van der Waals surface area contributed by atoms with E-state index in [2.05, 4.69) is 10.6 Å². The third-order valence-electron chi connectivity index (χ3n) is 3.25. The summed E-state index contributed by atoms with van der Waals surface area (Å²) < 4.78 is 17.7. The highest BCUT2D eigenvalue weighted by Gasteiger charge is 2.30. The van der Waals surface area contributed by atoms with Crippen LogP contribution in [-0.2, 0) is 14.3 Å². The molecule has 2 amide bonds. The predicted octanol–water partition coefficient (Wildman–Crippen LogP) is 0.908. The minimum absolute atomic E-state index is 0.0272. The van der Waals surface area contributed by atoms with Gasteiger partial charge in [-0.3, -0.25) is 9.59 Å². The van der Waals surface area contributed by atoms with Gasteiger partial charge in [-0.05, 0) is 24.1 Å². The number of methoxy groups -OCH3 is 1. The molecule has 0 aliphatic carbocycles. The molecule has 2 atom stereocenters. The van der Waals surface area contributed by atoms with E-state index in [1.54, 1.807) is 12.1 Å². The van der Waals surface area contributed by atoms with Crippen molar-refractivity contribution in [1.29, 1.82) is 0 Å². The molecule has 1 fully saturated rings. The smallest absolute Gasteiger partial charge is 0.246 e. The number of ether oxygens (including phenoxy) is 1. The lowest BCUT2D eigenvalue weighted by molar-refractivity contribution is -0.129. The van der Waals surface area contributed by atoms with E-state index >= 15 is 0 Å². The third kappa shape index (κ3) is 3.54. The normalized spacial score (nSPS) is 22.2. The molecule has 1 aromatic carbocycles. The summed E-state index contributed by atoms with van der Waals surface area (Å²) in [6, 6.07) is 5.33. The summed E-state index contributed by atoms with van der Waals surface area (Å²) in [5.41, 5.74) is 0.766. The number of piperidine rings is 1. The number of carbonyl (C=O) groups is 2. The summed E-state index contributed by atoms with van der Waals surface area (Å²) in [5.74, 6) is -0.645. The maximum absolute atomic E-state index is 13.0. The number of benzene rings is 1. The Kier molecular flexibility index (Phi) is 4.68. The van der Waals surface area contributed by atoms with Gasteiger partial charge in [0.25, 0.3) is 0 Å². The standard InChI is InChI=1S/C14H17FN2O3/c1-20-8-13(19)16-11-6-7-12(18)17-14(11)9-2-4-10(15)5-3-9/h2-5,11,14H,6-8H2,1H3,(H,16,19)(H,17,18)/t11-,14-/m0/s1. The summed E-state index contributed by atoms with van der Waals surface area (Å²) in [6.07, 6.45) is 0.902. The molecule has 5 nitrogen and oxygen atoms in total. The van der Waals surface area contributed by atoms with Gasteiger partial charge in [0.2, 0.25) is 11.8 Å². The second-order valence-electron chi connectivity index (χ2n) is 4.74. The molecule has 1 saturated heterocycles. The summed E-state index contributed by atoms with van der Waals surface area (Å²) in [5, 5.41) is 5.66. The minimum Gasteiger partial charge on any atom is -0.375 e. The van der Waals surface area contributed by atoms with E-state index in [0.29, 0.717) is 12.8 Å². The Hall–Kier alpha value is -1.95.